The van der Waals surface area contributed by atoms with Crippen molar-refractivity contribution in [2.24, 2.45) is 4.99 Å². The van der Waals surface area contributed by atoms with Crippen LogP contribution >= 0.6 is 0 Å². The second-order valence-corrected chi connectivity index (χ2v) is 2.43. The summed E-state index contributed by atoms with van der Waals surface area (Å²) < 4.78 is 0. The Labute approximate surface area is 59.7 Å². The summed E-state index contributed by atoms with van der Waals surface area (Å²) in [6, 6.07) is 8.25. The Morgan fingerprint density at radius 1 is 1.20 bits per heavy atom. The first kappa shape index (κ1) is 5.66. The lowest BCUT2D eigenvalue weighted by Gasteiger charge is -1.96. The predicted molar refractivity (Wildman–Crippen MR) is 41.2 cm³/mol. The number of hydrogen-bond acceptors (Lipinski definition) is 1. The molecular weight excluding hydrogens is 122 g/mol. The molecule has 1 heterocycles. The molecule has 1 aliphatic rings. The van der Waals surface area contributed by atoms with Crippen molar-refractivity contribution in [3.8, 4) is 0 Å². The molecular formula is C9H9N. The number of fused-ring (bicyclic) bond motifs is 1. The molecule has 0 spiro atoms. The van der Waals surface area contributed by atoms with E-state index in [1.807, 2.05) is 6.07 Å². The fraction of sp³-hybridized carbons (Fsp3) is 0.222. The lowest BCUT2D eigenvalue weighted by Crippen LogP contribution is -2.26. The summed E-state index contributed by atoms with van der Waals surface area (Å²) in [6.07, 6.45) is 3.33. The lowest BCUT2D eigenvalue weighted by molar-refractivity contribution is 0.960. The number of hydrogen-bond donors (Lipinski definition) is 0. The van der Waals surface area contributed by atoms with Gasteiger partial charge in [0.1, 0.15) is 0 Å². The average Bonchev–Trinajstić information content (AvgIpc) is 2.05. The van der Waals surface area contributed by atoms with E-state index >= 15 is 0 Å². The topological polar surface area (TPSA) is 12.4 Å². The Kier molecular flexibility index (Phi) is 1.28. The van der Waals surface area contributed by atoms with Crippen molar-refractivity contribution >= 4 is 6.08 Å². The van der Waals surface area contributed by atoms with Crippen LogP contribution < -0.4 is 10.6 Å². The molecule has 0 saturated carbocycles. The van der Waals surface area contributed by atoms with E-state index in [4.69, 9.17) is 0 Å². The Bertz CT molecular complexity index is 303. The minimum absolute atomic E-state index is 0.955. The number of para-hydroxylation sites is 1. The molecule has 10 heavy (non-hydrogen) atoms. The third-order valence-electron chi connectivity index (χ3n) is 1.71. The molecule has 50 valence electrons. The van der Waals surface area contributed by atoms with Gasteiger partial charge in [0.05, 0.1) is 5.36 Å². The molecule has 0 amide bonds. The molecule has 0 bridgehead atoms. The van der Waals surface area contributed by atoms with Crippen LogP contribution in [0.3, 0.4) is 0 Å². The van der Waals surface area contributed by atoms with Gasteiger partial charge in [0, 0.05) is 6.54 Å². The van der Waals surface area contributed by atoms with Crippen LogP contribution in [0.25, 0.3) is 6.08 Å². The molecule has 2 rings (SSSR count). The van der Waals surface area contributed by atoms with Gasteiger partial charge >= 0.3 is 0 Å². The highest BCUT2D eigenvalue weighted by atomic mass is 14.7. The molecule has 0 N–H and O–H groups in total. The smallest absolute Gasteiger partial charge is 0.0643 e. The summed E-state index contributed by atoms with van der Waals surface area (Å²) in [7, 11) is 0. The van der Waals surface area contributed by atoms with Crippen LogP contribution in [-0.2, 0) is 0 Å². The van der Waals surface area contributed by atoms with Crippen LogP contribution in [0.15, 0.2) is 29.3 Å². The summed E-state index contributed by atoms with van der Waals surface area (Å²) in [5, 5.41) is 2.43. The first-order valence-corrected chi connectivity index (χ1v) is 3.56. The zero-order valence-corrected chi connectivity index (χ0v) is 5.75. The molecule has 0 radical (unpaired) electrons. The van der Waals surface area contributed by atoms with Crippen LogP contribution in [-0.4, -0.2) is 6.54 Å². The highest BCUT2D eigenvalue weighted by Gasteiger charge is 1.89. The van der Waals surface area contributed by atoms with Gasteiger partial charge in [-0.15, -0.1) is 0 Å². The Hall–Kier alpha value is -1.11. The van der Waals surface area contributed by atoms with Crippen molar-refractivity contribution in [3.63, 3.8) is 0 Å². The molecule has 0 aromatic heterocycles. The number of benzene rings is 1. The predicted octanol–water partition coefficient (Wildman–Crippen LogP) is 0.490. The van der Waals surface area contributed by atoms with E-state index in [1.165, 1.54) is 5.22 Å². The Balaban J connectivity index is 2.84. The fourth-order valence-corrected chi connectivity index (χ4v) is 1.21. The maximum absolute atomic E-state index is 4.36. The van der Waals surface area contributed by atoms with Gasteiger partial charge in [0.15, 0.2) is 0 Å². The second kappa shape index (κ2) is 2.25. The van der Waals surface area contributed by atoms with Gasteiger partial charge in [0.2, 0.25) is 0 Å². The van der Waals surface area contributed by atoms with E-state index in [0.29, 0.717) is 0 Å². The van der Waals surface area contributed by atoms with Crippen LogP contribution in [0.4, 0.5) is 0 Å². The van der Waals surface area contributed by atoms with Crippen LogP contribution in [0.5, 0.6) is 0 Å². The second-order valence-electron chi connectivity index (χ2n) is 2.43. The molecule has 0 atom stereocenters. The SMILES string of the molecule is C1=c2ccccc2=NCC1. The molecule has 0 aliphatic carbocycles. The van der Waals surface area contributed by atoms with E-state index in [0.717, 1.165) is 18.3 Å². The van der Waals surface area contributed by atoms with E-state index in [1.54, 1.807) is 0 Å². The zero-order valence-electron chi connectivity index (χ0n) is 5.75. The molecule has 1 nitrogen and oxygen atoms in total. The Morgan fingerprint density at radius 3 is 3.00 bits per heavy atom. The largest absolute Gasteiger partial charge is 0.284 e. The minimum Gasteiger partial charge on any atom is -0.284 e. The highest BCUT2D eigenvalue weighted by Crippen LogP contribution is 1.85. The third-order valence-corrected chi connectivity index (χ3v) is 1.71. The molecule has 0 unspecified atom stereocenters. The minimum atomic E-state index is 0.955. The molecule has 1 heteroatoms. The zero-order chi connectivity index (χ0) is 6.81. The first-order valence-electron chi connectivity index (χ1n) is 3.56. The quantitative estimate of drug-likeness (QED) is 0.486. The highest BCUT2D eigenvalue weighted by molar-refractivity contribution is 5.25. The van der Waals surface area contributed by atoms with Crippen LogP contribution in [0.1, 0.15) is 6.42 Å². The molecule has 1 aromatic rings. The normalized spacial score (nSPS) is 14.8. The molecule has 0 fully saturated rings. The average molecular weight is 131 g/mol. The van der Waals surface area contributed by atoms with Crippen LogP contribution in [0.2, 0.25) is 0 Å². The lowest BCUT2D eigenvalue weighted by atomic mass is 10.2. The van der Waals surface area contributed by atoms with Crippen molar-refractivity contribution in [1.82, 2.24) is 0 Å². The van der Waals surface area contributed by atoms with Crippen molar-refractivity contribution in [2.45, 2.75) is 6.42 Å². The molecule has 0 saturated heterocycles. The summed E-state index contributed by atoms with van der Waals surface area (Å²) in [5.74, 6) is 0. The van der Waals surface area contributed by atoms with Gasteiger partial charge in [-0.3, -0.25) is 4.99 Å². The summed E-state index contributed by atoms with van der Waals surface area (Å²) in [4.78, 5) is 4.36. The van der Waals surface area contributed by atoms with E-state index in [9.17, 15) is 0 Å². The van der Waals surface area contributed by atoms with Gasteiger partial charge in [-0.2, -0.15) is 0 Å². The van der Waals surface area contributed by atoms with Gasteiger partial charge in [0.25, 0.3) is 0 Å². The van der Waals surface area contributed by atoms with Crippen molar-refractivity contribution in [2.75, 3.05) is 6.54 Å². The molecule has 1 aliphatic heterocycles. The number of nitrogens with zero attached hydrogens (tertiary/aromatic N) is 1. The standard InChI is InChI=1S/C9H9N/c1-2-6-9-8(4-1)5-3-7-10-9/h1-2,4-6H,3,7H2. The van der Waals surface area contributed by atoms with E-state index < -0.39 is 0 Å². The van der Waals surface area contributed by atoms with Gasteiger partial charge in [-0.05, 0) is 17.7 Å². The maximum Gasteiger partial charge on any atom is 0.0643 e. The summed E-state index contributed by atoms with van der Waals surface area (Å²) in [6.45, 7) is 0.955. The van der Waals surface area contributed by atoms with E-state index in [-0.39, 0.29) is 0 Å². The maximum atomic E-state index is 4.36. The van der Waals surface area contributed by atoms with Gasteiger partial charge < -0.3 is 0 Å². The van der Waals surface area contributed by atoms with E-state index in [2.05, 4.69) is 29.3 Å². The first-order chi connectivity index (χ1) is 4.97. The van der Waals surface area contributed by atoms with Crippen molar-refractivity contribution in [3.05, 3.63) is 34.8 Å². The van der Waals surface area contributed by atoms with Gasteiger partial charge in [-0.25, -0.2) is 0 Å². The Morgan fingerprint density at radius 2 is 2.10 bits per heavy atom. The van der Waals surface area contributed by atoms with Gasteiger partial charge in [-0.1, -0.05) is 24.3 Å². The summed E-state index contributed by atoms with van der Waals surface area (Å²) >= 11 is 0. The van der Waals surface area contributed by atoms with Crippen LogP contribution in [0, 0.1) is 0 Å². The summed E-state index contributed by atoms with van der Waals surface area (Å²) in [5.41, 5.74) is 0. The van der Waals surface area contributed by atoms with Crippen molar-refractivity contribution < 1.29 is 0 Å². The third kappa shape index (κ3) is 0.838. The molecule has 1 aromatic carbocycles. The number of rotatable bonds is 0. The monoisotopic (exact) mass is 131 g/mol. The van der Waals surface area contributed by atoms with Crippen molar-refractivity contribution in [1.29, 1.82) is 0 Å². The fourth-order valence-electron chi connectivity index (χ4n) is 1.21.